The van der Waals surface area contributed by atoms with Gasteiger partial charge in [0.15, 0.2) is 0 Å². The fraction of sp³-hybridized carbons (Fsp3) is 0.0323. The van der Waals surface area contributed by atoms with Gasteiger partial charge in [0.2, 0.25) is 11.8 Å². The van der Waals surface area contributed by atoms with Crippen LogP contribution in [0.1, 0.15) is 22.3 Å². The summed E-state index contributed by atoms with van der Waals surface area (Å²) >= 11 is 24.1. The van der Waals surface area contributed by atoms with Gasteiger partial charge in [0.05, 0.1) is 0 Å². The lowest BCUT2D eigenvalue weighted by Gasteiger charge is -2.07. The second kappa shape index (κ2) is 13.5. The highest BCUT2D eigenvalue weighted by molar-refractivity contribution is 6.36. The van der Waals surface area contributed by atoms with E-state index in [0.717, 1.165) is 11.1 Å². The van der Waals surface area contributed by atoms with Crippen molar-refractivity contribution in [2.45, 2.75) is 6.42 Å². The SMILES string of the molecule is O=C(/C=C/c1ccc(Cl)cc1Cl)Nc1ccc(Cc2ccc(NC(=O)/C=C/c3ccc(Cl)cc3Cl)cc2)cc1. The molecule has 8 heteroatoms. The molecule has 4 aromatic carbocycles. The van der Waals surface area contributed by atoms with Crippen molar-refractivity contribution in [3.8, 4) is 0 Å². The number of carbonyl (C=O) groups is 2. The topological polar surface area (TPSA) is 58.2 Å². The second-order valence-electron chi connectivity index (χ2n) is 8.55. The third kappa shape index (κ3) is 8.74. The molecule has 4 aromatic rings. The molecule has 0 aliphatic rings. The van der Waals surface area contributed by atoms with E-state index in [-0.39, 0.29) is 11.8 Å². The number of halogens is 4. The van der Waals surface area contributed by atoms with E-state index in [9.17, 15) is 9.59 Å². The van der Waals surface area contributed by atoms with Crippen molar-refractivity contribution in [2.75, 3.05) is 10.6 Å². The Kier molecular flexibility index (Phi) is 9.85. The number of rotatable bonds is 8. The van der Waals surface area contributed by atoms with Crippen LogP contribution in [0.2, 0.25) is 20.1 Å². The van der Waals surface area contributed by atoms with E-state index in [2.05, 4.69) is 10.6 Å². The quantitative estimate of drug-likeness (QED) is 0.199. The third-order valence-corrected chi connectivity index (χ3v) is 6.73. The Labute approximate surface area is 246 Å². The Hall–Kier alpha value is -3.54. The van der Waals surface area contributed by atoms with Crippen molar-refractivity contribution in [2.24, 2.45) is 0 Å². The highest BCUT2D eigenvalue weighted by Gasteiger charge is 2.04. The lowest BCUT2D eigenvalue weighted by atomic mass is 10.0. The lowest BCUT2D eigenvalue weighted by molar-refractivity contribution is -0.112. The maximum absolute atomic E-state index is 12.3. The number of anilines is 2. The maximum atomic E-state index is 12.3. The Morgan fingerprint density at radius 2 is 0.949 bits per heavy atom. The van der Waals surface area contributed by atoms with Gasteiger partial charge in [0, 0.05) is 43.6 Å². The molecule has 0 heterocycles. The van der Waals surface area contributed by atoms with Crippen LogP contribution in [0.15, 0.2) is 97.1 Å². The average molecular weight is 596 g/mol. The number of amides is 2. The molecule has 39 heavy (non-hydrogen) atoms. The first-order valence-electron chi connectivity index (χ1n) is 11.8. The molecule has 2 amide bonds. The predicted molar refractivity (Wildman–Crippen MR) is 164 cm³/mol. The molecule has 4 rings (SSSR count). The van der Waals surface area contributed by atoms with Gasteiger partial charge >= 0.3 is 0 Å². The van der Waals surface area contributed by atoms with Gasteiger partial charge in [0.25, 0.3) is 0 Å². The zero-order valence-electron chi connectivity index (χ0n) is 20.4. The summed E-state index contributed by atoms with van der Waals surface area (Å²) < 4.78 is 0. The number of nitrogens with one attached hydrogen (secondary N) is 2. The standard InChI is InChI=1S/C31H22Cl4N2O2/c32-24-9-5-22(28(34)18-24)7-15-30(38)36-26-11-1-20(2-12-26)17-21-3-13-27(14-4-21)37-31(39)16-8-23-6-10-25(33)19-29(23)35/h1-16,18-19H,17H2,(H,36,38)(H,37,39)/b15-7+,16-8+. The summed E-state index contributed by atoms with van der Waals surface area (Å²) in [5.74, 6) is -0.532. The summed E-state index contributed by atoms with van der Waals surface area (Å²) in [5, 5.41) is 7.69. The zero-order chi connectivity index (χ0) is 27.8. The average Bonchev–Trinajstić information content (AvgIpc) is 2.90. The van der Waals surface area contributed by atoms with Crippen LogP contribution in [-0.2, 0) is 16.0 Å². The Morgan fingerprint density at radius 1 is 0.564 bits per heavy atom. The van der Waals surface area contributed by atoms with Crippen LogP contribution in [0.5, 0.6) is 0 Å². The lowest BCUT2D eigenvalue weighted by Crippen LogP contribution is -2.08. The van der Waals surface area contributed by atoms with Gasteiger partial charge < -0.3 is 10.6 Å². The molecule has 0 atom stereocenters. The number of carbonyl (C=O) groups excluding carboxylic acids is 2. The fourth-order valence-corrected chi connectivity index (χ4v) is 4.56. The van der Waals surface area contributed by atoms with Crippen molar-refractivity contribution in [1.29, 1.82) is 0 Å². The summed E-state index contributed by atoms with van der Waals surface area (Å²) in [5.41, 5.74) is 4.93. The minimum absolute atomic E-state index is 0.266. The van der Waals surface area contributed by atoms with E-state index in [1.54, 1.807) is 48.6 Å². The van der Waals surface area contributed by atoms with Crippen LogP contribution in [0.3, 0.4) is 0 Å². The molecule has 0 bridgehead atoms. The van der Waals surface area contributed by atoms with Gasteiger partial charge in [-0.3, -0.25) is 9.59 Å². The molecule has 0 aliphatic heterocycles. The summed E-state index contributed by atoms with van der Waals surface area (Å²) in [6.07, 6.45) is 6.82. The number of benzene rings is 4. The zero-order valence-corrected chi connectivity index (χ0v) is 23.5. The first-order valence-corrected chi connectivity index (χ1v) is 13.3. The van der Waals surface area contributed by atoms with E-state index in [1.165, 1.54) is 12.2 Å². The fourth-order valence-electron chi connectivity index (χ4n) is 3.62. The molecule has 0 aromatic heterocycles. The van der Waals surface area contributed by atoms with E-state index < -0.39 is 0 Å². The van der Waals surface area contributed by atoms with Crippen LogP contribution in [0.4, 0.5) is 11.4 Å². The molecule has 4 nitrogen and oxygen atoms in total. The van der Waals surface area contributed by atoms with Crippen molar-refractivity contribution < 1.29 is 9.59 Å². The van der Waals surface area contributed by atoms with E-state index in [4.69, 9.17) is 46.4 Å². The predicted octanol–water partition coefficient (Wildman–Crippen LogP) is 9.19. The molecular formula is C31H22Cl4N2O2. The number of hydrogen-bond acceptors (Lipinski definition) is 2. The van der Waals surface area contributed by atoms with Gasteiger partial charge in [-0.25, -0.2) is 0 Å². The molecule has 0 radical (unpaired) electrons. The summed E-state index contributed by atoms with van der Waals surface area (Å²) in [6.45, 7) is 0. The minimum Gasteiger partial charge on any atom is -0.323 e. The van der Waals surface area contributed by atoms with Crippen molar-refractivity contribution in [3.05, 3.63) is 139 Å². The molecule has 2 N–H and O–H groups in total. The van der Waals surface area contributed by atoms with Gasteiger partial charge in [0.1, 0.15) is 0 Å². The van der Waals surface area contributed by atoms with Crippen LogP contribution in [0, 0.1) is 0 Å². The van der Waals surface area contributed by atoms with Crippen LogP contribution in [0.25, 0.3) is 12.2 Å². The number of hydrogen-bond donors (Lipinski definition) is 2. The molecular weight excluding hydrogens is 574 g/mol. The van der Waals surface area contributed by atoms with Gasteiger partial charge in [-0.15, -0.1) is 0 Å². The molecule has 0 aliphatic carbocycles. The smallest absolute Gasteiger partial charge is 0.248 e. The first kappa shape index (κ1) is 28.5. The van der Waals surface area contributed by atoms with E-state index >= 15 is 0 Å². The van der Waals surface area contributed by atoms with Gasteiger partial charge in [-0.2, -0.15) is 0 Å². The molecule has 0 spiro atoms. The summed E-state index contributed by atoms with van der Waals surface area (Å²) in [7, 11) is 0. The molecule has 0 fully saturated rings. The molecule has 0 saturated carbocycles. The molecule has 0 unspecified atom stereocenters. The monoisotopic (exact) mass is 594 g/mol. The van der Waals surface area contributed by atoms with Crippen LogP contribution < -0.4 is 10.6 Å². The first-order chi connectivity index (χ1) is 18.7. The van der Waals surface area contributed by atoms with E-state index in [0.29, 0.717) is 49.0 Å². The Balaban J connectivity index is 1.28. The van der Waals surface area contributed by atoms with Crippen molar-refractivity contribution in [3.63, 3.8) is 0 Å². The highest BCUT2D eigenvalue weighted by Crippen LogP contribution is 2.23. The Morgan fingerprint density at radius 3 is 1.31 bits per heavy atom. The molecule has 196 valence electrons. The summed E-state index contributed by atoms with van der Waals surface area (Å²) in [4.78, 5) is 24.6. The maximum Gasteiger partial charge on any atom is 0.248 e. The minimum atomic E-state index is -0.266. The van der Waals surface area contributed by atoms with E-state index in [1.807, 2.05) is 48.5 Å². The van der Waals surface area contributed by atoms with Crippen LogP contribution in [-0.4, -0.2) is 11.8 Å². The van der Waals surface area contributed by atoms with Crippen LogP contribution >= 0.6 is 46.4 Å². The normalized spacial score (nSPS) is 11.2. The third-order valence-electron chi connectivity index (χ3n) is 5.60. The van der Waals surface area contributed by atoms with Crippen molar-refractivity contribution >= 4 is 81.7 Å². The second-order valence-corrected chi connectivity index (χ2v) is 10.2. The van der Waals surface area contributed by atoms with Gasteiger partial charge in [-0.05, 0) is 89.4 Å². The largest absolute Gasteiger partial charge is 0.323 e. The Bertz CT molecular complexity index is 1430. The molecule has 0 saturated heterocycles. The van der Waals surface area contributed by atoms with Crippen molar-refractivity contribution in [1.82, 2.24) is 0 Å². The summed E-state index contributed by atoms with van der Waals surface area (Å²) in [6, 6.07) is 25.4. The van der Waals surface area contributed by atoms with Gasteiger partial charge in [-0.1, -0.05) is 82.8 Å². The highest BCUT2D eigenvalue weighted by atomic mass is 35.5.